The predicted octanol–water partition coefficient (Wildman–Crippen LogP) is -1.62. The van der Waals surface area contributed by atoms with Crippen LogP contribution in [-0.2, 0) is 39.2 Å². The van der Waals surface area contributed by atoms with Gasteiger partial charge in [-0.3, -0.25) is 27.8 Å². The van der Waals surface area contributed by atoms with Crippen molar-refractivity contribution < 1.29 is 43.0 Å². The van der Waals surface area contributed by atoms with Gasteiger partial charge in [0.15, 0.2) is 29.7 Å². The monoisotopic (exact) mass is 540 g/mol. The molecule has 4 rings (SSSR count). The Bertz CT molecular complexity index is 1490. The molecule has 0 saturated carbocycles. The van der Waals surface area contributed by atoms with Crippen LogP contribution in [0.15, 0.2) is 40.4 Å². The van der Waals surface area contributed by atoms with E-state index in [1.54, 1.807) is 7.05 Å². The van der Waals surface area contributed by atoms with Crippen LogP contribution in [0.5, 0.6) is 0 Å². The number of ether oxygens (including phenoxy) is 2. The van der Waals surface area contributed by atoms with E-state index in [4.69, 9.17) is 14.0 Å². The van der Waals surface area contributed by atoms with Crippen molar-refractivity contribution >= 4 is 24.7 Å². The molecular formula is C21H27N5O10P+. The van der Waals surface area contributed by atoms with Gasteiger partial charge in [-0.15, -0.1) is 0 Å². The Kier molecular flexibility index (Phi) is 7.46. The molecule has 200 valence electrons. The fraction of sp³-hybridized carbons (Fsp3) is 0.476. The zero-order valence-corrected chi connectivity index (χ0v) is 21.1. The number of aliphatic hydroxyl groups is 2. The summed E-state index contributed by atoms with van der Waals surface area (Å²) in [5.41, 5.74) is -0.382. The van der Waals surface area contributed by atoms with E-state index in [1.165, 1.54) is 51.6 Å². The van der Waals surface area contributed by atoms with E-state index in [0.717, 1.165) is 11.2 Å². The van der Waals surface area contributed by atoms with E-state index in [2.05, 4.69) is 4.98 Å². The minimum absolute atomic E-state index is 0.0161. The van der Waals surface area contributed by atoms with E-state index < -0.39 is 49.5 Å². The Balaban J connectivity index is 1.40. The molecule has 1 aliphatic heterocycles. The molecule has 4 heterocycles. The molecular weight excluding hydrogens is 513 g/mol. The van der Waals surface area contributed by atoms with Crippen LogP contribution >= 0.6 is 7.60 Å². The third-order valence-corrected chi connectivity index (χ3v) is 6.40. The van der Waals surface area contributed by atoms with Crippen molar-refractivity contribution in [1.82, 2.24) is 18.7 Å². The van der Waals surface area contributed by atoms with Crippen molar-refractivity contribution in [2.24, 2.45) is 14.1 Å². The van der Waals surface area contributed by atoms with Crippen LogP contribution in [0.4, 0.5) is 0 Å². The summed E-state index contributed by atoms with van der Waals surface area (Å²) in [6.45, 7) is 0.840. The number of rotatable bonds is 8. The summed E-state index contributed by atoms with van der Waals surface area (Å²) in [7, 11) is -0.841. The standard InChI is InChI=1S/C21H26N5O10P/c1-23-11-22-16-13(23)17(29)26(21(31)24(16)2)8-5-9-34-19(30)12-6-4-7-25(10-12)18-14(27)15(28)20(35-18)36-37(3,32)33/h4,6-7,10-11,14-15,18,20,27-28H,5,8-9H2,1-3H3/p+1/t14-,15+,18-,20-/m1/s1. The molecule has 16 heteroatoms. The molecule has 15 nitrogen and oxygen atoms in total. The Morgan fingerprint density at radius 1 is 1.27 bits per heavy atom. The van der Waals surface area contributed by atoms with E-state index in [-0.39, 0.29) is 36.3 Å². The predicted molar refractivity (Wildman–Crippen MR) is 125 cm³/mol. The van der Waals surface area contributed by atoms with E-state index >= 15 is 0 Å². The minimum atomic E-state index is -4.01. The molecule has 1 saturated heterocycles. The Labute approximate surface area is 209 Å². The highest BCUT2D eigenvalue weighted by molar-refractivity contribution is 7.51. The number of aliphatic hydroxyl groups excluding tert-OH is 2. The molecule has 0 bridgehead atoms. The zero-order valence-electron chi connectivity index (χ0n) is 20.2. The number of hydrogen-bond donors (Lipinski definition) is 3. The summed E-state index contributed by atoms with van der Waals surface area (Å²) in [5, 5.41) is 20.4. The van der Waals surface area contributed by atoms with Gasteiger partial charge in [0.25, 0.3) is 11.8 Å². The maximum atomic E-state index is 12.7. The number of nitrogens with zero attached hydrogens (tertiary/aromatic N) is 5. The van der Waals surface area contributed by atoms with E-state index in [1.807, 2.05) is 0 Å². The number of carbonyl (C=O) groups is 1. The van der Waals surface area contributed by atoms with Gasteiger partial charge in [0.05, 0.1) is 12.9 Å². The topological polar surface area (TPSA) is 188 Å². The van der Waals surface area contributed by atoms with Gasteiger partial charge in [-0.1, -0.05) is 0 Å². The van der Waals surface area contributed by atoms with Gasteiger partial charge >= 0.3 is 19.3 Å². The third-order valence-electron chi connectivity index (χ3n) is 5.81. The van der Waals surface area contributed by atoms with Crippen molar-refractivity contribution in [3.63, 3.8) is 0 Å². The number of aryl methyl sites for hydroxylation is 2. The lowest BCUT2D eigenvalue weighted by Crippen LogP contribution is -2.46. The molecule has 1 fully saturated rings. The molecule has 0 amide bonds. The third kappa shape index (κ3) is 5.42. The first-order chi connectivity index (χ1) is 17.4. The molecule has 0 spiro atoms. The highest BCUT2D eigenvalue weighted by Gasteiger charge is 2.50. The first-order valence-electron chi connectivity index (χ1n) is 11.2. The first kappa shape index (κ1) is 26.9. The smallest absolute Gasteiger partial charge is 0.344 e. The van der Waals surface area contributed by atoms with E-state index in [9.17, 15) is 34.1 Å². The van der Waals surface area contributed by atoms with Crippen LogP contribution in [0, 0.1) is 0 Å². The summed E-state index contributed by atoms with van der Waals surface area (Å²) in [4.78, 5) is 51.3. The first-order valence-corrected chi connectivity index (χ1v) is 13.2. The van der Waals surface area contributed by atoms with Gasteiger partial charge in [-0.05, 0) is 12.5 Å². The number of hydrogen-bond acceptors (Lipinski definition) is 10. The Morgan fingerprint density at radius 3 is 2.70 bits per heavy atom. The van der Waals surface area contributed by atoms with Crippen molar-refractivity contribution in [1.29, 1.82) is 0 Å². The highest BCUT2D eigenvalue weighted by atomic mass is 31.2. The molecule has 3 N–H and O–H groups in total. The van der Waals surface area contributed by atoms with Crippen molar-refractivity contribution in [3.05, 3.63) is 57.3 Å². The quantitative estimate of drug-likeness (QED) is 0.129. The number of carbonyl (C=O) groups excluding carboxylic acids is 1. The second kappa shape index (κ2) is 10.3. The van der Waals surface area contributed by atoms with Gasteiger partial charge in [-0.2, -0.15) is 4.57 Å². The van der Waals surface area contributed by atoms with Crippen LogP contribution in [-0.4, -0.2) is 71.5 Å². The molecule has 37 heavy (non-hydrogen) atoms. The molecule has 1 unspecified atom stereocenters. The normalized spacial score (nSPS) is 23.3. The van der Waals surface area contributed by atoms with Gasteiger partial charge in [-0.25, -0.2) is 14.6 Å². The SMILES string of the molecule is Cn1cnc2c1c(=O)n(CCCOC(=O)c1ccc[n+]([C@@H]3O[C@H](OP(C)(=O)O)[C@@H](O)[C@H]3O)c1)c(=O)n2C. The van der Waals surface area contributed by atoms with Crippen molar-refractivity contribution in [2.45, 2.75) is 37.7 Å². The lowest BCUT2D eigenvalue weighted by molar-refractivity contribution is -0.767. The second-order valence-electron chi connectivity index (χ2n) is 8.64. The minimum Gasteiger partial charge on any atom is -0.462 e. The fourth-order valence-corrected chi connectivity index (χ4v) is 4.55. The van der Waals surface area contributed by atoms with Crippen LogP contribution < -0.4 is 15.8 Å². The number of esters is 1. The number of imidazole rings is 1. The molecule has 3 aromatic heterocycles. The van der Waals surface area contributed by atoms with Crippen LogP contribution in [0.25, 0.3) is 11.2 Å². The largest absolute Gasteiger partial charge is 0.462 e. The summed E-state index contributed by atoms with van der Waals surface area (Å²) >= 11 is 0. The summed E-state index contributed by atoms with van der Waals surface area (Å²) in [6, 6.07) is 2.94. The second-order valence-corrected chi connectivity index (χ2v) is 10.5. The molecule has 0 aromatic carbocycles. The molecule has 3 aromatic rings. The maximum Gasteiger partial charge on any atom is 0.344 e. The summed E-state index contributed by atoms with van der Waals surface area (Å²) in [6.07, 6.45) is -1.46. The zero-order chi connectivity index (χ0) is 27.1. The van der Waals surface area contributed by atoms with Crippen molar-refractivity contribution in [2.75, 3.05) is 13.3 Å². The number of aromatic nitrogens is 5. The van der Waals surface area contributed by atoms with Crippen LogP contribution in [0.3, 0.4) is 0 Å². The molecule has 1 aliphatic rings. The summed E-state index contributed by atoms with van der Waals surface area (Å²) in [5.74, 6) is -0.717. The lowest BCUT2D eigenvalue weighted by Gasteiger charge is -2.15. The average Bonchev–Trinajstić information content (AvgIpc) is 3.36. The molecule has 5 atom stereocenters. The van der Waals surface area contributed by atoms with Gasteiger partial charge in [0, 0.05) is 33.4 Å². The number of pyridine rings is 1. The maximum absolute atomic E-state index is 12.7. The Hall–Kier alpha value is -3.20. The highest BCUT2D eigenvalue weighted by Crippen LogP contribution is 2.42. The fourth-order valence-electron chi connectivity index (χ4n) is 3.99. The van der Waals surface area contributed by atoms with Crippen LogP contribution in [0.2, 0.25) is 0 Å². The average molecular weight is 540 g/mol. The van der Waals surface area contributed by atoms with Crippen molar-refractivity contribution in [3.8, 4) is 0 Å². The molecule has 0 radical (unpaired) electrons. The molecule has 0 aliphatic carbocycles. The van der Waals surface area contributed by atoms with Gasteiger partial charge in [0.2, 0.25) is 6.29 Å². The van der Waals surface area contributed by atoms with Gasteiger partial charge < -0.3 is 24.4 Å². The number of fused-ring (bicyclic) bond motifs is 1. The van der Waals surface area contributed by atoms with Gasteiger partial charge in [0.1, 0.15) is 11.7 Å². The van der Waals surface area contributed by atoms with E-state index in [0.29, 0.717) is 0 Å². The summed E-state index contributed by atoms with van der Waals surface area (Å²) < 4.78 is 32.1. The van der Waals surface area contributed by atoms with Crippen LogP contribution in [0.1, 0.15) is 23.0 Å². The Morgan fingerprint density at radius 2 is 2.00 bits per heavy atom. The lowest BCUT2D eigenvalue weighted by atomic mass is 10.2.